The summed E-state index contributed by atoms with van der Waals surface area (Å²) in [5, 5.41) is 0. The number of hydrogen-bond donors (Lipinski definition) is 0. The first-order chi connectivity index (χ1) is 14.9. The van der Waals surface area contributed by atoms with Gasteiger partial charge in [0.15, 0.2) is 5.78 Å². The van der Waals surface area contributed by atoms with Crippen LogP contribution in [-0.2, 0) is 6.61 Å². The molecule has 0 amide bonds. The van der Waals surface area contributed by atoms with Crippen LogP contribution in [0.4, 0.5) is 8.78 Å². The smallest absolute Gasteiger partial charge is 0.387 e. The molecule has 0 aromatic heterocycles. The quantitative estimate of drug-likeness (QED) is 0.308. The van der Waals surface area contributed by atoms with Crippen LogP contribution in [0.2, 0.25) is 0 Å². The SMILES string of the molecule is COc1ccc(/C=C/C(=O)c2ccc(OC(F)F)cc2)cc1COc1ccc(C)cc1. The van der Waals surface area contributed by atoms with Gasteiger partial charge in [-0.15, -0.1) is 0 Å². The zero-order valence-electron chi connectivity index (χ0n) is 17.2. The van der Waals surface area contributed by atoms with E-state index in [1.54, 1.807) is 13.2 Å². The molecule has 4 nitrogen and oxygen atoms in total. The predicted molar refractivity (Wildman–Crippen MR) is 115 cm³/mol. The number of carbonyl (C=O) groups excluding carboxylic acids is 1. The van der Waals surface area contributed by atoms with E-state index < -0.39 is 6.61 Å². The third-order valence-electron chi connectivity index (χ3n) is 4.51. The lowest BCUT2D eigenvalue weighted by Crippen LogP contribution is -2.02. The second-order valence-electron chi connectivity index (χ2n) is 6.77. The van der Waals surface area contributed by atoms with Crippen molar-refractivity contribution in [1.82, 2.24) is 0 Å². The topological polar surface area (TPSA) is 44.8 Å². The van der Waals surface area contributed by atoms with Crippen LogP contribution in [0.3, 0.4) is 0 Å². The van der Waals surface area contributed by atoms with E-state index in [4.69, 9.17) is 9.47 Å². The average molecular weight is 424 g/mol. The van der Waals surface area contributed by atoms with Gasteiger partial charge in [0.25, 0.3) is 0 Å². The molecule has 0 unspecified atom stereocenters. The number of rotatable bonds is 9. The Kier molecular flexibility index (Phi) is 7.38. The number of methoxy groups -OCH3 is 1. The molecule has 0 N–H and O–H groups in total. The first-order valence-corrected chi connectivity index (χ1v) is 9.58. The van der Waals surface area contributed by atoms with Gasteiger partial charge in [0.05, 0.1) is 7.11 Å². The molecule has 0 bridgehead atoms. The summed E-state index contributed by atoms with van der Waals surface area (Å²) < 4.78 is 40.0. The number of alkyl halides is 2. The van der Waals surface area contributed by atoms with Crippen LogP contribution in [0.1, 0.15) is 27.0 Å². The molecule has 0 saturated carbocycles. The minimum atomic E-state index is -2.90. The molecule has 0 spiro atoms. The van der Waals surface area contributed by atoms with Gasteiger partial charge in [0.1, 0.15) is 23.9 Å². The molecule has 0 heterocycles. The van der Waals surface area contributed by atoms with Gasteiger partial charge in [-0.1, -0.05) is 29.8 Å². The number of aryl methyl sites for hydroxylation is 1. The van der Waals surface area contributed by atoms with E-state index in [9.17, 15) is 13.6 Å². The molecule has 3 aromatic rings. The number of benzene rings is 3. The molecule has 0 radical (unpaired) electrons. The molecule has 0 fully saturated rings. The Morgan fingerprint density at radius 2 is 1.65 bits per heavy atom. The maximum Gasteiger partial charge on any atom is 0.387 e. The maximum atomic E-state index is 12.4. The van der Waals surface area contributed by atoms with Crippen LogP contribution in [-0.4, -0.2) is 19.5 Å². The number of hydrogen-bond acceptors (Lipinski definition) is 4. The molecule has 3 aromatic carbocycles. The van der Waals surface area contributed by atoms with Gasteiger partial charge in [-0.05, 0) is 67.1 Å². The Labute approximate surface area is 179 Å². The summed E-state index contributed by atoms with van der Waals surface area (Å²) in [4.78, 5) is 12.4. The molecule has 0 atom stereocenters. The van der Waals surface area contributed by atoms with E-state index in [-0.39, 0.29) is 11.5 Å². The fourth-order valence-corrected chi connectivity index (χ4v) is 2.88. The van der Waals surface area contributed by atoms with Crippen molar-refractivity contribution in [2.75, 3.05) is 7.11 Å². The summed E-state index contributed by atoms with van der Waals surface area (Å²) in [6.07, 6.45) is 3.11. The van der Waals surface area contributed by atoms with E-state index in [0.717, 1.165) is 22.4 Å². The average Bonchev–Trinajstić information content (AvgIpc) is 2.77. The molecule has 160 valence electrons. The molecule has 0 aliphatic rings. The van der Waals surface area contributed by atoms with Crippen LogP contribution < -0.4 is 14.2 Å². The Morgan fingerprint density at radius 1 is 0.968 bits per heavy atom. The lowest BCUT2D eigenvalue weighted by molar-refractivity contribution is -0.0498. The standard InChI is InChI=1S/C25H22F2O4/c1-17-3-9-21(10-4-17)30-16-20-15-18(6-14-24(20)29-2)5-13-23(28)19-7-11-22(12-8-19)31-25(26)27/h3-15,25H,16H2,1-2H3/b13-5+. The van der Waals surface area contributed by atoms with Gasteiger partial charge in [0, 0.05) is 11.1 Å². The monoisotopic (exact) mass is 424 g/mol. The van der Waals surface area contributed by atoms with Gasteiger partial charge >= 0.3 is 6.61 Å². The van der Waals surface area contributed by atoms with Crippen molar-refractivity contribution in [3.63, 3.8) is 0 Å². The van der Waals surface area contributed by atoms with Gasteiger partial charge in [-0.2, -0.15) is 8.78 Å². The van der Waals surface area contributed by atoms with Crippen molar-refractivity contribution >= 4 is 11.9 Å². The van der Waals surface area contributed by atoms with Gasteiger partial charge < -0.3 is 14.2 Å². The summed E-state index contributed by atoms with van der Waals surface area (Å²) in [6, 6.07) is 18.8. The molecule has 3 rings (SSSR count). The molecule has 0 aliphatic heterocycles. The number of ether oxygens (including phenoxy) is 3. The number of carbonyl (C=O) groups is 1. The summed E-state index contributed by atoms with van der Waals surface area (Å²) in [6.45, 7) is -0.580. The Bertz CT molecular complexity index is 1040. The number of allylic oxidation sites excluding steroid dienone is 1. The molecular formula is C25H22F2O4. The van der Waals surface area contributed by atoms with Crippen molar-refractivity contribution < 1.29 is 27.8 Å². The normalized spacial score (nSPS) is 11.0. The highest BCUT2D eigenvalue weighted by atomic mass is 19.3. The van der Waals surface area contributed by atoms with Crippen molar-refractivity contribution in [2.45, 2.75) is 20.1 Å². The molecule has 6 heteroatoms. The summed E-state index contributed by atoms with van der Waals surface area (Å²) in [5.74, 6) is 1.19. The highest BCUT2D eigenvalue weighted by Crippen LogP contribution is 2.23. The largest absolute Gasteiger partial charge is 0.496 e. The van der Waals surface area contributed by atoms with Crippen molar-refractivity contribution in [2.24, 2.45) is 0 Å². The third-order valence-corrected chi connectivity index (χ3v) is 4.51. The molecule has 0 aliphatic carbocycles. The summed E-state index contributed by atoms with van der Waals surface area (Å²) in [7, 11) is 1.59. The highest BCUT2D eigenvalue weighted by molar-refractivity contribution is 6.06. The number of ketones is 1. The fraction of sp³-hybridized carbons (Fsp3) is 0.160. The van der Waals surface area contributed by atoms with Crippen LogP contribution in [0, 0.1) is 6.92 Å². The van der Waals surface area contributed by atoms with E-state index in [1.165, 1.54) is 30.3 Å². The van der Waals surface area contributed by atoms with Crippen molar-refractivity contribution in [3.8, 4) is 17.2 Å². The van der Waals surface area contributed by atoms with E-state index in [0.29, 0.717) is 17.9 Å². The Hall–Kier alpha value is -3.67. The van der Waals surface area contributed by atoms with Crippen molar-refractivity contribution in [1.29, 1.82) is 0 Å². The Balaban J connectivity index is 1.69. The maximum absolute atomic E-state index is 12.4. The van der Waals surface area contributed by atoms with Gasteiger partial charge in [0.2, 0.25) is 0 Å². The van der Waals surface area contributed by atoms with E-state index in [2.05, 4.69) is 4.74 Å². The number of halogens is 2. The zero-order chi connectivity index (χ0) is 22.2. The second kappa shape index (κ2) is 10.4. The lowest BCUT2D eigenvalue weighted by Gasteiger charge is -2.11. The fourth-order valence-electron chi connectivity index (χ4n) is 2.88. The Morgan fingerprint density at radius 3 is 2.29 bits per heavy atom. The first-order valence-electron chi connectivity index (χ1n) is 9.58. The van der Waals surface area contributed by atoms with Crippen LogP contribution in [0.5, 0.6) is 17.2 Å². The van der Waals surface area contributed by atoms with Crippen LogP contribution >= 0.6 is 0 Å². The minimum Gasteiger partial charge on any atom is -0.496 e. The minimum absolute atomic E-state index is 0.00361. The highest BCUT2D eigenvalue weighted by Gasteiger charge is 2.08. The van der Waals surface area contributed by atoms with Crippen LogP contribution in [0.15, 0.2) is 72.8 Å². The van der Waals surface area contributed by atoms with Gasteiger partial charge in [-0.25, -0.2) is 0 Å². The zero-order valence-corrected chi connectivity index (χ0v) is 17.2. The van der Waals surface area contributed by atoms with Gasteiger partial charge in [-0.3, -0.25) is 4.79 Å². The first kappa shape index (κ1) is 22.0. The molecule has 31 heavy (non-hydrogen) atoms. The lowest BCUT2D eigenvalue weighted by atomic mass is 10.1. The predicted octanol–water partition coefficient (Wildman–Crippen LogP) is 6.08. The molecular weight excluding hydrogens is 402 g/mol. The van der Waals surface area contributed by atoms with E-state index >= 15 is 0 Å². The third kappa shape index (κ3) is 6.40. The molecule has 0 saturated heterocycles. The second-order valence-corrected chi connectivity index (χ2v) is 6.77. The van der Waals surface area contributed by atoms with E-state index in [1.807, 2.05) is 49.4 Å². The van der Waals surface area contributed by atoms with Crippen LogP contribution in [0.25, 0.3) is 6.08 Å². The summed E-state index contributed by atoms with van der Waals surface area (Å²) >= 11 is 0. The summed E-state index contributed by atoms with van der Waals surface area (Å²) in [5.41, 5.74) is 3.16. The van der Waals surface area contributed by atoms with Crippen molar-refractivity contribution in [3.05, 3.63) is 95.1 Å².